The Kier molecular flexibility index (Phi) is 6.66. The van der Waals surface area contributed by atoms with E-state index in [0.29, 0.717) is 23.6 Å². The number of anilines is 4. The number of rotatable bonds is 7. The van der Waals surface area contributed by atoms with Gasteiger partial charge in [0.2, 0.25) is 6.21 Å². The second-order valence-corrected chi connectivity index (χ2v) is 7.40. The Labute approximate surface area is 185 Å². The fraction of sp³-hybridized carbons (Fsp3) is 0.217. The maximum atomic E-state index is 13.5. The second-order valence-electron chi connectivity index (χ2n) is 7.40. The van der Waals surface area contributed by atoms with Crippen LogP contribution in [0.1, 0.15) is 11.1 Å². The van der Waals surface area contributed by atoms with E-state index in [4.69, 9.17) is 10.6 Å². The van der Waals surface area contributed by atoms with Gasteiger partial charge in [-0.05, 0) is 42.0 Å². The van der Waals surface area contributed by atoms with Gasteiger partial charge < -0.3 is 25.5 Å². The summed E-state index contributed by atoms with van der Waals surface area (Å²) in [6, 6.07) is 16.2. The summed E-state index contributed by atoms with van der Waals surface area (Å²) in [4.78, 5) is 6.89. The lowest BCUT2D eigenvalue weighted by Crippen LogP contribution is -2.36. The van der Waals surface area contributed by atoms with Crippen molar-refractivity contribution < 1.29 is 14.0 Å². The predicted molar refractivity (Wildman–Crippen MR) is 124 cm³/mol. The number of halogens is 1. The molecule has 0 amide bonds. The zero-order valence-electron chi connectivity index (χ0n) is 17.5. The molecule has 2 aromatic carbocycles. The lowest BCUT2D eigenvalue weighted by molar-refractivity contribution is -0.463. The van der Waals surface area contributed by atoms with Crippen molar-refractivity contribution >= 4 is 29.1 Å². The minimum atomic E-state index is -0.304. The average molecular weight is 436 g/mol. The van der Waals surface area contributed by atoms with Crippen LogP contribution in [0, 0.1) is 11.0 Å². The van der Waals surface area contributed by atoms with Gasteiger partial charge in [-0.25, -0.2) is 9.37 Å². The molecule has 0 bridgehead atoms. The van der Waals surface area contributed by atoms with Crippen LogP contribution >= 0.6 is 0 Å². The van der Waals surface area contributed by atoms with E-state index in [-0.39, 0.29) is 10.7 Å². The fourth-order valence-electron chi connectivity index (χ4n) is 3.50. The number of hydrogen-bond acceptors (Lipinski definition) is 7. The zero-order valence-corrected chi connectivity index (χ0v) is 17.5. The van der Waals surface area contributed by atoms with E-state index in [1.54, 1.807) is 18.3 Å². The van der Waals surface area contributed by atoms with Crippen molar-refractivity contribution in [1.29, 1.82) is 0 Å². The monoisotopic (exact) mass is 436 g/mol. The third kappa shape index (κ3) is 5.64. The van der Waals surface area contributed by atoms with Crippen LogP contribution in [0.4, 0.5) is 27.3 Å². The van der Waals surface area contributed by atoms with E-state index in [2.05, 4.69) is 32.7 Å². The molecule has 0 aliphatic carbocycles. The summed E-state index contributed by atoms with van der Waals surface area (Å²) in [6.07, 6.45) is 2.78. The molecule has 1 aliphatic heterocycles. The highest BCUT2D eigenvalue weighted by Gasteiger charge is 2.11. The maximum absolute atomic E-state index is 13.5. The number of nitrogens with two attached hydrogens (primary N) is 1. The maximum Gasteiger partial charge on any atom is 0.217 e. The van der Waals surface area contributed by atoms with Gasteiger partial charge in [-0.1, -0.05) is 17.0 Å². The number of pyridine rings is 1. The topological polar surface area (TPSA) is 102 Å². The van der Waals surface area contributed by atoms with E-state index in [0.717, 1.165) is 43.2 Å². The molecule has 0 saturated carbocycles. The Balaban J connectivity index is 1.49. The first-order valence-corrected chi connectivity index (χ1v) is 10.3. The SMILES string of the molecule is N/[N+]([O-])=C/c1cnc(Nc2ccc(N3CCOCC3)cc2)cc1NCc1cccc(F)c1. The lowest BCUT2D eigenvalue weighted by Gasteiger charge is -2.28. The Morgan fingerprint density at radius 2 is 1.94 bits per heavy atom. The summed E-state index contributed by atoms with van der Waals surface area (Å²) in [7, 11) is 0. The van der Waals surface area contributed by atoms with Gasteiger partial charge in [0, 0.05) is 43.3 Å². The van der Waals surface area contributed by atoms with Crippen molar-refractivity contribution in [2.45, 2.75) is 6.54 Å². The minimum absolute atomic E-state index is 0.224. The molecule has 3 aromatic rings. The van der Waals surface area contributed by atoms with E-state index in [1.807, 2.05) is 18.2 Å². The summed E-state index contributed by atoms with van der Waals surface area (Å²) < 4.78 is 18.9. The number of hydrazine groups is 1. The standard InChI is InChI=1S/C23H25FN6O2/c24-19-3-1-2-17(12-19)14-26-22-13-23(27-15-18(22)16-30(25)31)28-20-4-6-21(7-5-20)29-8-10-32-11-9-29/h1-7,12-13,15-16H,8-11,14,25H2,(H2,26,27,28)/b30-16-. The number of hydrogen-bond donors (Lipinski definition) is 3. The van der Waals surface area contributed by atoms with Crippen molar-refractivity contribution in [2.24, 2.45) is 5.84 Å². The molecule has 1 aromatic heterocycles. The van der Waals surface area contributed by atoms with Gasteiger partial charge >= 0.3 is 0 Å². The average Bonchev–Trinajstić information content (AvgIpc) is 2.80. The van der Waals surface area contributed by atoms with Crippen molar-refractivity contribution in [1.82, 2.24) is 4.98 Å². The molecule has 32 heavy (non-hydrogen) atoms. The molecule has 4 rings (SSSR count). The molecule has 8 nitrogen and oxygen atoms in total. The van der Waals surface area contributed by atoms with Crippen LogP contribution in [-0.4, -0.2) is 42.3 Å². The quantitative estimate of drug-likeness (QED) is 0.172. The highest BCUT2D eigenvalue weighted by Crippen LogP contribution is 2.24. The molecule has 1 saturated heterocycles. The third-order valence-electron chi connectivity index (χ3n) is 5.09. The van der Waals surface area contributed by atoms with Crippen molar-refractivity contribution in [3.05, 3.63) is 82.9 Å². The van der Waals surface area contributed by atoms with Gasteiger partial charge in [-0.3, -0.25) is 0 Å². The van der Waals surface area contributed by atoms with Crippen LogP contribution in [0.15, 0.2) is 60.8 Å². The van der Waals surface area contributed by atoms with Gasteiger partial charge in [0.25, 0.3) is 0 Å². The third-order valence-corrected chi connectivity index (χ3v) is 5.09. The summed E-state index contributed by atoms with van der Waals surface area (Å²) >= 11 is 0. The number of nitrogens with zero attached hydrogens (tertiary/aromatic N) is 3. The molecule has 0 unspecified atom stereocenters. The molecule has 1 aliphatic rings. The highest BCUT2D eigenvalue weighted by molar-refractivity contribution is 5.85. The first-order chi connectivity index (χ1) is 15.6. The first-order valence-electron chi connectivity index (χ1n) is 10.3. The van der Waals surface area contributed by atoms with Crippen LogP contribution < -0.4 is 21.4 Å². The Hall–Kier alpha value is -3.85. The Morgan fingerprint density at radius 3 is 2.66 bits per heavy atom. The van der Waals surface area contributed by atoms with Crippen molar-refractivity contribution in [3.8, 4) is 0 Å². The van der Waals surface area contributed by atoms with Crippen LogP contribution in [0.3, 0.4) is 0 Å². The summed E-state index contributed by atoms with van der Waals surface area (Å²) in [5, 5.41) is 17.8. The van der Waals surface area contributed by atoms with Crippen molar-refractivity contribution in [2.75, 3.05) is 41.8 Å². The molecular weight excluding hydrogens is 411 g/mol. The Morgan fingerprint density at radius 1 is 1.16 bits per heavy atom. The van der Waals surface area contributed by atoms with Gasteiger partial charge in [-0.2, -0.15) is 5.84 Å². The number of ether oxygens (including phenoxy) is 1. The van der Waals surface area contributed by atoms with E-state index >= 15 is 0 Å². The second kappa shape index (κ2) is 9.97. The largest absolute Gasteiger partial charge is 0.597 e. The first kappa shape index (κ1) is 21.4. The van der Waals surface area contributed by atoms with Crippen LogP contribution in [0.25, 0.3) is 0 Å². The normalized spacial score (nSPS) is 14.3. The van der Waals surface area contributed by atoms with Gasteiger partial charge in [-0.15, -0.1) is 0 Å². The number of nitrogens with one attached hydrogen (secondary N) is 2. The Bertz CT molecular complexity index is 1080. The minimum Gasteiger partial charge on any atom is -0.597 e. The summed E-state index contributed by atoms with van der Waals surface area (Å²) in [5.74, 6) is 5.54. The highest BCUT2D eigenvalue weighted by atomic mass is 19.1. The van der Waals surface area contributed by atoms with Crippen molar-refractivity contribution in [3.63, 3.8) is 0 Å². The molecule has 9 heteroatoms. The molecule has 0 atom stereocenters. The van der Waals surface area contributed by atoms with E-state index in [1.165, 1.54) is 18.3 Å². The zero-order chi connectivity index (χ0) is 22.3. The lowest BCUT2D eigenvalue weighted by atomic mass is 10.2. The van der Waals surface area contributed by atoms with Crippen LogP contribution in [-0.2, 0) is 11.3 Å². The van der Waals surface area contributed by atoms with Crippen LogP contribution in [0.5, 0.6) is 0 Å². The number of benzene rings is 2. The predicted octanol–water partition coefficient (Wildman–Crippen LogP) is 3.22. The summed E-state index contributed by atoms with van der Waals surface area (Å²) in [5.41, 5.74) is 3.96. The fourth-order valence-corrected chi connectivity index (χ4v) is 3.50. The number of hydrazone groups is 1. The van der Waals surface area contributed by atoms with Gasteiger partial charge in [0.05, 0.1) is 24.5 Å². The molecule has 4 N–H and O–H groups in total. The van der Waals surface area contributed by atoms with Gasteiger partial charge in [0.1, 0.15) is 11.6 Å². The van der Waals surface area contributed by atoms with E-state index in [9.17, 15) is 9.60 Å². The molecule has 166 valence electrons. The molecule has 1 fully saturated rings. The molecule has 2 heterocycles. The van der Waals surface area contributed by atoms with Gasteiger partial charge in [0.15, 0.2) is 0 Å². The smallest absolute Gasteiger partial charge is 0.217 e. The molecule has 0 radical (unpaired) electrons. The molecular formula is C23H25FN6O2. The number of morpholine rings is 1. The van der Waals surface area contributed by atoms with Crippen LogP contribution in [0.2, 0.25) is 0 Å². The van der Waals surface area contributed by atoms with E-state index < -0.39 is 0 Å². The molecule has 0 spiro atoms. The number of aromatic nitrogens is 1. The summed E-state index contributed by atoms with van der Waals surface area (Å²) in [6.45, 7) is 3.61.